The molecule has 0 saturated heterocycles. The molecule has 132 valence electrons. The lowest BCUT2D eigenvalue weighted by molar-refractivity contribution is -0.0379. The molecule has 1 unspecified atom stereocenters. The second-order valence-corrected chi connectivity index (χ2v) is 6.97. The van der Waals surface area contributed by atoms with E-state index in [4.69, 9.17) is 10.00 Å². The van der Waals surface area contributed by atoms with Gasteiger partial charge >= 0.3 is 0 Å². The number of aryl methyl sites for hydroxylation is 2. The number of hydrogen-bond acceptors (Lipinski definition) is 3. The van der Waals surface area contributed by atoms with Crippen LogP contribution in [0.5, 0.6) is 0 Å². The minimum atomic E-state index is -0.109. The zero-order chi connectivity index (χ0) is 18.3. The molecule has 1 aliphatic heterocycles. The van der Waals surface area contributed by atoms with Gasteiger partial charge in [0.2, 0.25) is 0 Å². The third-order valence-corrected chi connectivity index (χ3v) is 5.43. The normalized spacial score (nSPS) is 15.2. The average molecular weight is 345 g/mol. The topological polar surface area (TPSA) is 52.0 Å². The summed E-state index contributed by atoms with van der Waals surface area (Å²) in [5.74, 6) is 0. The molecule has 0 spiro atoms. The van der Waals surface area contributed by atoms with Crippen molar-refractivity contribution >= 4 is 10.9 Å². The van der Waals surface area contributed by atoms with Crippen molar-refractivity contribution in [2.24, 2.45) is 0 Å². The maximum atomic E-state index is 9.17. The lowest BCUT2D eigenvalue weighted by Gasteiger charge is -2.29. The Labute approximate surface area is 154 Å². The van der Waals surface area contributed by atoms with E-state index in [2.05, 4.69) is 48.0 Å². The summed E-state index contributed by atoms with van der Waals surface area (Å²) in [5.41, 5.74) is 8.26. The van der Waals surface area contributed by atoms with E-state index >= 15 is 0 Å². The number of nitrogens with zero attached hydrogens (tertiary/aromatic N) is 2. The molecule has 2 heterocycles. The highest BCUT2D eigenvalue weighted by Gasteiger charge is 2.30. The van der Waals surface area contributed by atoms with Gasteiger partial charge in [0.1, 0.15) is 6.23 Å². The molecule has 26 heavy (non-hydrogen) atoms. The molecule has 1 N–H and O–H groups in total. The van der Waals surface area contributed by atoms with Crippen molar-refractivity contribution in [3.8, 4) is 6.07 Å². The predicted molar refractivity (Wildman–Crippen MR) is 103 cm³/mol. The number of benzene rings is 2. The highest BCUT2D eigenvalue weighted by atomic mass is 16.5. The maximum absolute atomic E-state index is 9.17. The molecule has 3 aromatic rings. The first-order chi connectivity index (χ1) is 12.7. The van der Waals surface area contributed by atoms with Crippen molar-refractivity contribution < 1.29 is 4.74 Å². The number of fused-ring (bicyclic) bond motifs is 2. The highest BCUT2D eigenvalue weighted by Crippen LogP contribution is 2.38. The van der Waals surface area contributed by atoms with E-state index < -0.39 is 0 Å². The lowest BCUT2D eigenvalue weighted by atomic mass is 9.96. The van der Waals surface area contributed by atoms with Crippen LogP contribution in [0, 0.1) is 18.3 Å². The predicted octanol–water partition coefficient (Wildman–Crippen LogP) is 4.57. The van der Waals surface area contributed by atoms with Gasteiger partial charge in [0.15, 0.2) is 0 Å². The second kappa shape index (κ2) is 6.60. The molecule has 0 radical (unpaired) electrons. The molecule has 1 aliphatic rings. The van der Waals surface area contributed by atoms with Gasteiger partial charge in [-0.3, -0.25) is 4.90 Å². The molecule has 0 bridgehead atoms. The van der Waals surface area contributed by atoms with E-state index in [9.17, 15) is 0 Å². The molecular formula is C22H23N3O. The van der Waals surface area contributed by atoms with Crippen molar-refractivity contribution in [2.75, 3.05) is 7.11 Å². The van der Waals surface area contributed by atoms with E-state index in [1.54, 1.807) is 7.11 Å². The third kappa shape index (κ3) is 2.61. The van der Waals surface area contributed by atoms with Gasteiger partial charge in [-0.1, -0.05) is 19.1 Å². The Kier molecular flexibility index (Phi) is 4.28. The molecule has 4 nitrogen and oxygen atoms in total. The van der Waals surface area contributed by atoms with E-state index in [-0.39, 0.29) is 6.23 Å². The number of rotatable bonds is 4. The summed E-state index contributed by atoms with van der Waals surface area (Å²) >= 11 is 0. The Morgan fingerprint density at radius 2 is 2.04 bits per heavy atom. The van der Waals surface area contributed by atoms with Crippen molar-refractivity contribution in [1.82, 2.24) is 9.88 Å². The fourth-order valence-electron chi connectivity index (χ4n) is 4.19. The monoisotopic (exact) mass is 345 g/mol. The number of ether oxygens (including phenoxy) is 1. The Morgan fingerprint density at radius 3 is 2.77 bits per heavy atom. The van der Waals surface area contributed by atoms with E-state index in [1.165, 1.54) is 38.7 Å². The fraction of sp³-hybridized carbons (Fsp3) is 0.318. The van der Waals surface area contributed by atoms with Gasteiger partial charge in [-0.2, -0.15) is 5.26 Å². The van der Waals surface area contributed by atoms with Gasteiger partial charge in [0, 0.05) is 42.9 Å². The summed E-state index contributed by atoms with van der Waals surface area (Å²) < 4.78 is 6.01. The first kappa shape index (κ1) is 16.8. The van der Waals surface area contributed by atoms with Crippen molar-refractivity contribution in [2.45, 2.75) is 39.6 Å². The Bertz CT molecular complexity index is 1010. The number of nitrogens with one attached hydrogen (secondary N) is 1. The Balaban J connectivity index is 1.78. The number of H-pyrrole nitrogens is 1. The number of aromatic amines is 1. The zero-order valence-corrected chi connectivity index (χ0v) is 15.5. The van der Waals surface area contributed by atoms with Crippen LogP contribution < -0.4 is 0 Å². The Morgan fingerprint density at radius 1 is 1.23 bits per heavy atom. The summed E-state index contributed by atoms with van der Waals surface area (Å²) in [4.78, 5) is 5.72. The number of aromatic nitrogens is 1. The van der Waals surface area contributed by atoms with Crippen LogP contribution >= 0.6 is 0 Å². The molecule has 4 heteroatoms. The van der Waals surface area contributed by atoms with Crippen LogP contribution in [-0.4, -0.2) is 17.0 Å². The molecule has 0 aliphatic carbocycles. The summed E-state index contributed by atoms with van der Waals surface area (Å²) in [5, 5.41) is 10.4. The molecule has 0 saturated carbocycles. The maximum Gasteiger partial charge on any atom is 0.137 e. The highest BCUT2D eigenvalue weighted by molar-refractivity contribution is 5.87. The first-order valence-corrected chi connectivity index (χ1v) is 9.04. The lowest BCUT2D eigenvalue weighted by Crippen LogP contribution is -2.26. The van der Waals surface area contributed by atoms with Crippen molar-refractivity contribution in [3.05, 3.63) is 69.9 Å². The first-order valence-electron chi connectivity index (χ1n) is 9.04. The van der Waals surface area contributed by atoms with Gasteiger partial charge in [0.05, 0.1) is 11.6 Å². The molecular weight excluding hydrogens is 322 g/mol. The van der Waals surface area contributed by atoms with Gasteiger partial charge in [-0.05, 0) is 53.8 Å². The second-order valence-electron chi connectivity index (χ2n) is 6.97. The minimum absolute atomic E-state index is 0.109. The van der Waals surface area contributed by atoms with Crippen LogP contribution in [0.15, 0.2) is 36.5 Å². The molecule has 0 fully saturated rings. The van der Waals surface area contributed by atoms with Gasteiger partial charge in [-0.25, -0.2) is 0 Å². The number of nitriles is 1. The van der Waals surface area contributed by atoms with Gasteiger partial charge in [-0.15, -0.1) is 0 Å². The summed E-state index contributed by atoms with van der Waals surface area (Å²) in [6, 6.07) is 12.6. The van der Waals surface area contributed by atoms with Crippen LogP contribution in [0.3, 0.4) is 0 Å². The third-order valence-electron chi connectivity index (χ3n) is 5.43. The fourth-order valence-corrected chi connectivity index (χ4v) is 4.19. The van der Waals surface area contributed by atoms with Crippen LogP contribution in [0.2, 0.25) is 0 Å². The van der Waals surface area contributed by atoms with Gasteiger partial charge < -0.3 is 9.72 Å². The molecule has 1 aromatic heterocycles. The molecule has 1 atom stereocenters. The smallest absolute Gasteiger partial charge is 0.137 e. The minimum Gasteiger partial charge on any atom is -0.362 e. The number of methoxy groups -OCH3 is 1. The SMILES string of the molecule is CCc1cc(C)c2[nH]ccc2c1C(OC)N1Cc2ccc(C#N)cc2C1. The largest absolute Gasteiger partial charge is 0.362 e. The molecule has 4 rings (SSSR count). The van der Waals surface area contributed by atoms with Crippen LogP contribution in [0.25, 0.3) is 10.9 Å². The summed E-state index contributed by atoms with van der Waals surface area (Å²) in [7, 11) is 1.78. The van der Waals surface area contributed by atoms with Crippen LogP contribution in [0.4, 0.5) is 0 Å². The number of hydrogen-bond donors (Lipinski definition) is 1. The van der Waals surface area contributed by atoms with Gasteiger partial charge in [0.25, 0.3) is 0 Å². The standard InChI is InChI=1S/C22H23N3O/c1-4-16-9-14(2)21-19(7-8-24-21)20(16)22(26-3)25-12-17-6-5-15(11-23)10-18(17)13-25/h5-10,22,24H,4,12-13H2,1-3H3. The zero-order valence-electron chi connectivity index (χ0n) is 15.5. The summed E-state index contributed by atoms with van der Waals surface area (Å²) in [6.45, 7) is 5.98. The summed E-state index contributed by atoms with van der Waals surface area (Å²) in [6.07, 6.45) is 2.86. The van der Waals surface area contributed by atoms with Crippen LogP contribution in [0.1, 0.15) is 46.5 Å². The van der Waals surface area contributed by atoms with E-state index in [0.717, 1.165) is 25.1 Å². The molecule has 2 aromatic carbocycles. The Hall–Kier alpha value is -2.61. The van der Waals surface area contributed by atoms with E-state index in [1.807, 2.05) is 18.3 Å². The van der Waals surface area contributed by atoms with Crippen LogP contribution in [-0.2, 0) is 24.2 Å². The van der Waals surface area contributed by atoms with Crippen molar-refractivity contribution in [3.63, 3.8) is 0 Å². The average Bonchev–Trinajstić information content (AvgIpc) is 3.30. The van der Waals surface area contributed by atoms with Crippen molar-refractivity contribution in [1.29, 1.82) is 5.26 Å². The quantitative estimate of drug-likeness (QED) is 0.753. The molecule has 0 amide bonds. The van der Waals surface area contributed by atoms with E-state index in [0.29, 0.717) is 0 Å².